The third-order valence-electron chi connectivity index (χ3n) is 5.57. The molecule has 1 aromatic rings. The molecular weight excluding hydrogens is 408 g/mol. The minimum atomic E-state index is -3.83. The molecule has 0 heterocycles. The van der Waals surface area contributed by atoms with Gasteiger partial charge in [0.15, 0.2) is 6.61 Å². The first-order chi connectivity index (χ1) is 14.3. The smallest absolute Gasteiger partial charge is 0.338 e. The van der Waals surface area contributed by atoms with Gasteiger partial charge in [0.05, 0.1) is 12.7 Å². The first-order valence-electron chi connectivity index (χ1n) is 10.4. The zero-order valence-electron chi connectivity index (χ0n) is 18.2. The number of carbonyl (C=O) groups is 2. The number of ether oxygens (including phenoxy) is 2. The predicted molar refractivity (Wildman–Crippen MR) is 113 cm³/mol. The van der Waals surface area contributed by atoms with E-state index in [1.807, 2.05) is 0 Å². The minimum absolute atomic E-state index is 0.0506. The highest BCUT2D eigenvalue weighted by molar-refractivity contribution is 7.89. The van der Waals surface area contributed by atoms with Gasteiger partial charge in [0.2, 0.25) is 10.0 Å². The van der Waals surface area contributed by atoms with Crippen molar-refractivity contribution < 1.29 is 27.5 Å². The van der Waals surface area contributed by atoms with Gasteiger partial charge >= 0.3 is 5.97 Å². The average molecular weight is 441 g/mol. The van der Waals surface area contributed by atoms with Gasteiger partial charge in [-0.3, -0.25) is 4.79 Å². The van der Waals surface area contributed by atoms with Crippen molar-refractivity contribution in [1.29, 1.82) is 0 Å². The molecule has 0 spiro atoms. The van der Waals surface area contributed by atoms with Crippen molar-refractivity contribution in [2.75, 3.05) is 33.9 Å². The van der Waals surface area contributed by atoms with Crippen LogP contribution in [-0.4, -0.2) is 69.4 Å². The molecule has 1 aliphatic rings. The number of hydrogen-bond acceptors (Lipinski definition) is 6. The van der Waals surface area contributed by atoms with Gasteiger partial charge in [-0.05, 0) is 31.0 Å². The van der Waals surface area contributed by atoms with Crippen LogP contribution in [0.15, 0.2) is 23.1 Å². The van der Waals surface area contributed by atoms with Crippen LogP contribution in [0.2, 0.25) is 0 Å². The van der Waals surface area contributed by atoms with Gasteiger partial charge in [-0.15, -0.1) is 0 Å². The topological polar surface area (TPSA) is 93.2 Å². The molecule has 1 aliphatic carbocycles. The SMILES string of the molecule is CCN(CC)S(=O)(=O)c1cc(C(=O)OCC(=O)N(C)C2CCCCC2)ccc1OC. The zero-order valence-corrected chi connectivity index (χ0v) is 19.0. The maximum absolute atomic E-state index is 12.9. The lowest BCUT2D eigenvalue weighted by molar-refractivity contribution is -0.135. The lowest BCUT2D eigenvalue weighted by atomic mass is 9.94. The van der Waals surface area contributed by atoms with E-state index in [-0.39, 0.29) is 34.8 Å². The van der Waals surface area contributed by atoms with E-state index in [9.17, 15) is 18.0 Å². The summed E-state index contributed by atoms with van der Waals surface area (Å²) in [5.41, 5.74) is 0.0506. The van der Waals surface area contributed by atoms with Crippen LogP contribution in [0.5, 0.6) is 5.75 Å². The van der Waals surface area contributed by atoms with Crippen molar-refractivity contribution >= 4 is 21.9 Å². The third kappa shape index (κ3) is 5.51. The Morgan fingerprint density at radius 1 is 1.10 bits per heavy atom. The van der Waals surface area contributed by atoms with Crippen molar-refractivity contribution in [3.05, 3.63) is 23.8 Å². The molecule has 9 heteroatoms. The second kappa shape index (κ2) is 10.8. The Balaban J connectivity index is 2.13. The number of sulfonamides is 1. The summed E-state index contributed by atoms with van der Waals surface area (Å²) in [5.74, 6) is -0.870. The van der Waals surface area contributed by atoms with Crippen molar-refractivity contribution in [3.63, 3.8) is 0 Å². The van der Waals surface area contributed by atoms with E-state index in [0.29, 0.717) is 13.1 Å². The number of esters is 1. The molecule has 0 aliphatic heterocycles. The van der Waals surface area contributed by atoms with E-state index in [2.05, 4.69) is 0 Å². The quantitative estimate of drug-likeness (QED) is 0.548. The molecule has 1 amide bonds. The van der Waals surface area contributed by atoms with Crippen molar-refractivity contribution in [1.82, 2.24) is 9.21 Å². The summed E-state index contributed by atoms with van der Waals surface area (Å²) in [6.07, 6.45) is 5.29. The Morgan fingerprint density at radius 3 is 2.30 bits per heavy atom. The van der Waals surface area contributed by atoms with Crippen LogP contribution >= 0.6 is 0 Å². The molecule has 8 nitrogen and oxygen atoms in total. The molecule has 30 heavy (non-hydrogen) atoms. The molecule has 0 N–H and O–H groups in total. The van der Waals surface area contributed by atoms with Crippen LogP contribution in [-0.2, 0) is 19.6 Å². The molecule has 2 rings (SSSR count). The number of likely N-dealkylation sites (N-methyl/N-ethyl adjacent to an activating group) is 1. The summed E-state index contributed by atoms with van der Waals surface area (Å²) in [6.45, 7) is 3.67. The number of carbonyl (C=O) groups excluding carboxylic acids is 2. The van der Waals surface area contributed by atoms with Crippen LogP contribution in [0.3, 0.4) is 0 Å². The fraction of sp³-hybridized carbons (Fsp3) is 0.619. The monoisotopic (exact) mass is 440 g/mol. The van der Waals surface area contributed by atoms with E-state index in [0.717, 1.165) is 25.7 Å². The van der Waals surface area contributed by atoms with E-state index in [1.165, 1.54) is 36.0 Å². The van der Waals surface area contributed by atoms with Gasteiger partial charge in [-0.1, -0.05) is 33.1 Å². The lowest BCUT2D eigenvalue weighted by Crippen LogP contribution is -2.40. The summed E-state index contributed by atoms with van der Waals surface area (Å²) < 4.78 is 37.5. The predicted octanol–water partition coefficient (Wildman–Crippen LogP) is 2.67. The van der Waals surface area contributed by atoms with Gasteiger partial charge in [-0.2, -0.15) is 4.31 Å². The summed E-state index contributed by atoms with van der Waals surface area (Å²) in [6, 6.07) is 4.27. The molecule has 0 bridgehead atoms. The van der Waals surface area contributed by atoms with Crippen LogP contribution in [0.25, 0.3) is 0 Å². The molecule has 0 unspecified atom stereocenters. The molecular formula is C21H32N2O6S. The van der Waals surface area contributed by atoms with Gasteiger partial charge in [0.1, 0.15) is 10.6 Å². The molecule has 0 atom stereocenters. The number of hydrogen-bond donors (Lipinski definition) is 0. The average Bonchev–Trinajstić information content (AvgIpc) is 2.77. The molecule has 1 aromatic carbocycles. The lowest BCUT2D eigenvalue weighted by Gasteiger charge is -2.31. The van der Waals surface area contributed by atoms with E-state index in [4.69, 9.17) is 9.47 Å². The number of rotatable bonds is 9. The molecule has 168 valence electrons. The first-order valence-corrected chi connectivity index (χ1v) is 11.8. The Kier molecular flexibility index (Phi) is 8.66. The van der Waals surface area contributed by atoms with Gasteiger partial charge < -0.3 is 14.4 Å². The van der Waals surface area contributed by atoms with Crippen molar-refractivity contribution in [3.8, 4) is 5.75 Å². The van der Waals surface area contributed by atoms with Crippen molar-refractivity contribution in [2.24, 2.45) is 0 Å². The second-order valence-corrected chi connectivity index (χ2v) is 9.23. The normalized spacial score (nSPS) is 15.1. The summed E-state index contributed by atoms with van der Waals surface area (Å²) >= 11 is 0. The Morgan fingerprint density at radius 2 is 1.73 bits per heavy atom. The number of methoxy groups -OCH3 is 1. The number of nitrogens with zero attached hydrogens (tertiary/aromatic N) is 2. The zero-order chi connectivity index (χ0) is 22.3. The first kappa shape index (κ1) is 24.1. The summed E-state index contributed by atoms with van der Waals surface area (Å²) in [4.78, 5) is 26.4. The van der Waals surface area contributed by atoms with Crippen LogP contribution in [0, 0.1) is 0 Å². The van der Waals surface area contributed by atoms with Crippen LogP contribution < -0.4 is 4.74 Å². The van der Waals surface area contributed by atoms with Crippen molar-refractivity contribution in [2.45, 2.75) is 56.9 Å². The highest BCUT2D eigenvalue weighted by Crippen LogP contribution is 2.28. The Hall–Kier alpha value is -2.13. The molecule has 0 radical (unpaired) electrons. The fourth-order valence-electron chi connectivity index (χ4n) is 3.69. The van der Waals surface area contributed by atoms with Gasteiger partial charge in [0, 0.05) is 26.2 Å². The highest BCUT2D eigenvalue weighted by atomic mass is 32.2. The maximum atomic E-state index is 12.9. The molecule has 0 saturated heterocycles. The summed E-state index contributed by atoms with van der Waals surface area (Å²) in [5, 5.41) is 0. The molecule has 0 aromatic heterocycles. The van der Waals surface area contributed by atoms with E-state index in [1.54, 1.807) is 25.8 Å². The van der Waals surface area contributed by atoms with E-state index < -0.39 is 16.0 Å². The maximum Gasteiger partial charge on any atom is 0.338 e. The Labute approximate surface area is 179 Å². The number of amides is 1. The largest absolute Gasteiger partial charge is 0.495 e. The summed E-state index contributed by atoms with van der Waals surface area (Å²) in [7, 11) is -0.734. The van der Waals surface area contributed by atoms with Crippen LogP contribution in [0.4, 0.5) is 0 Å². The third-order valence-corrected chi connectivity index (χ3v) is 7.64. The molecule has 1 fully saturated rings. The van der Waals surface area contributed by atoms with Gasteiger partial charge in [-0.25, -0.2) is 13.2 Å². The van der Waals surface area contributed by atoms with Gasteiger partial charge in [0.25, 0.3) is 5.91 Å². The Bertz CT molecular complexity index is 845. The standard InChI is InChI=1S/C21H32N2O6S/c1-5-23(6-2)30(26,27)19-14-16(12-13-18(19)28-4)21(25)29-15-20(24)22(3)17-10-8-7-9-11-17/h12-14,17H,5-11,15H2,1-4H3. The highest BCUT2D eigenvalue weighted by Gasteiger charge is 2.28. The fourth-order valence-corrected chi connectivity index (χ4v) is 5.33. The number of benzene rings is 1. The van der Waals surface area contributed by atoms with Crippen LogP contribution in [0.1, 0.15) is 56.3 Å². The molecule has 1 saturated carbocycles. The van der Waals surface area contributed by atoms with E-state index >= 15 is 0 Å². The minimum Gasteiger partial charge on any atom is -0.495 e. The second-order valence-electron chi connectivity index (χ2n) is 7.33.